The highest BCUT2D eigenvalue weighted by atomic mass is 35.5. The first-order chi connectivity index (χ1) is 20.0. The fourth-order valence-electron chi connectivity index (χ4n) is 6.52. The van der Waals surface area contributed by atoms with Gasteiger partial charge in [-0.2, -0.15) is 0 Å². The number of fused-ring (bicyclic) bond motifs is 1. The largest absolute Gasteiger partial charge is 0.508 e. The summed E-state index contributed by atoms with van der Waals surface area (Å²) in [5, 5.41) is 15.0. The van der Waals surface area contributed by atoms with Crippen LogP contribution < -0.4 is 5.32 Å². The lowest BCUT2D eigenvalue weighted by molar-refractivity contribution is 0.333. The van der Waals surface area contributed by atoms with Crippen molar-refractivity contribution in [2.45, 2.75) is 62.4 Å². The molecule has 4 nitrogen and oxygen atoms in total. The van der Waals surface area contributed by atoms with Crippen LogP contribution in [0.15, 0.2) is 91.0 Å². The Labute approximate surface area is 251 Å². The number of halogens is 2. The third-order valence-electron chi connectivity index (χ3n) is 8.70. The van der Waals surface area contributed by atoms with Crippen molar-refractivity contribution in [3.05, 3.63) is 124 Å². The van der Waals surface area contributed by atoms with Crippen molar-refractivity contribution >= 4 is 39.9 Å². The van der Waals surface area contributed by atoms with Crippen molar-refractivity contribution in [3.8, 4) is 5.75 Å². The molecule has 2 aliphatic carbocycles. The average Bonchev–Trinajstić information content (AvgIpc) is 3.76. The highest BCUT2D eigenvalue weighted by molar-refractivity contribution is 6.30. The SMILES string of the molecule is Oc1cccc(N[C@H]2CC[C@H](n3c(C4CC4)nc4ccc(C(c5ccc(Cl)cc5)c5ccc(Cl)cc5)cc43)CC2)c1. The molecule has 0 aliphatic heterocycles. The zero-order chi connectivity index (χ0) is 27.9. The zero-order valence-electron chi connectivity index (χ0n) is 22.8. The lowest BCUT2D eigenvalue weighted by Crippen LogP contribution is -2.28. The fourth-order valence-corrected chi connectivity index (χ4v) is 6.77. The van der Waals surface area contributed by atoms with E-state index in [1.807, 2.05) is 36.4 Å². The van der Waals surface area contributed by atoms with Crippen LogP contribution in [0.3, 0.4) is 0 Å². The van der Waals surface area contributed by atoms with Crippen molar-refractivity contribution in [1.29, 1.82) is 0 Å². The van der Waals surface area contributed by atoms with Crippen molar-refractivity contribution in [3.63, 3.8) is 0 Å². The Kier molecular flexibility index (Phi) is 7.14. The predicted molar refractivity (Wildman–Crippen MR) is 169 cm³/mol. The average molecular weight is 583 g/mol. The second kappa shape index (κ2) is 11.1. The maximum absolute atomic E-state index is 9.87. The highest BCUT2D eigenvalue weighted by Crippen LogP contribution is 2.45. The van der Waals surface area contributed by atoms with Gasteiger partial charge in [0.15, 0.2) is 0 Å². The second-order valence-corrected chi connectivity index (χ2v) is 12.5. The number of rotatable bonds is 7. The van der Waals surface area contributed by atoms with E-state index < -0.39 is 0 Å². The lowest BCUT2D eigenvalue weighted by atomic mass is 9.85. The summed E-state index contributed by atoms with van der Waals surface area (Å²) in [4.78, 5) is 5.20. The van der Waals surface area contributed by atoms with E-state index in [2.05, 4.69) is 52.3 Å². The van der Waals surface area contributed by atoms with Gasteiger partial charge in [-0.25, -0.2) is 4.98 Å². The molecule has 1 aromatic heterocycles. The quantitative estimate of drug-likeness (QED) is 0.188. The Bertz CT molecular complexity index is 1620. The zero-order valence-corrected chi connectivity index (χ0v) is 24.3. The van der Waals surface area contributed by atoms with Crippen LogP contribution in [0.1, 0.15) is 78.9 Å². The van der Waals surface area contributed by atoms with Crippen LogP contribution in [0.5, 0.6) is 5.75 Å². The van der Waals surface area contributed by atoms with Crippen LogP contribution in [-0.4, -0.2) is 20.7 Å². The molecule has 2 aliphatic rings. The minimum atomic E-state index is 0.0592. The van der Waals surface area contributed by atoms with Crippen LogP contribution in [0.25, 0.3) is 11.0 Å². The summed E-state index contributed by atoms with van der Waals surface area (Å²) in [6.45, 7) is 0. The molecule has 0 spiro atoms. The summed E-state index contributed by atoms with van der Waals surface area (Å²) < 4.78 is 2.59. The maximum Gasteiger partial charge on any atom is 0.117 e. The predicted octanol–water partition coefficient (Wildman–Crippen LogP) is 9.70. The molecule has 2 saturated carbocycles. The molecular formula is C35H33Cl2N3O. The molecule has 41 heavy (non-hydrogen) atoms. The van der Waals surface area contributed by atoms with Gasteiger partial charge in [0, 0.05) is 45.7 Å². The Hall–Kier alpha value is -3.47. The van der Waals surface area contributed by atoms with Gasteiger partial charge in [-0.3, -0.25) is 0 Å². The molecule has 0 unspecified atom stereocenters. The Morgan fingerprint density at radius 3 is 1.98 bits per heavy atom. The standard InChI is InChI=1S/C35H33Cl2N3O/c36-26-11-6-22(7-12-26)34(23-8-13-27(37)14-9-23)25-10-19-32-33(20-25)40(35(39-32)24-4-5-24)30-17-15-28(16-18-30)38-29-2-1-3-31(41)21-29/h1-3,6-14,19-21,24,28,30,34,38,41H,4-5,15-18H2/t28-,30-. The second-order valence-electron chi connectivity index (χ2n) is 11.6. The van der Waals surface area contributed by atoms with Crippen molar-refractivity contribution in [2.75, 3.05) is 5.32 Å². The number of hydrogen-bond donors (Lipinski definition) is 2. The van der Waals surface area contributed by atoms with Crippen LogP contribution in [-0.2, 0) is 0 Å². The molecule has 0 bridgehead atoms. The van der Waals surface area contributed by atoms with E-state index in [-0.39, 0.29) is 5.92 Å². The van der Waals surface area contributed by atoms with E-state index in [0.717, 1.165) is 46.9 Å². The topological polar surface area (TPSA) is 50.1 Å². The van der Waals surface area contributed by atoms with Crippen LogP contribution in [0.4, 0.5) is 5.69 Å². The molecule has 4 aromatic carbocycles. The molecule has 2 fully saturated rings. The number of hydrogen-bond acceptors (Lipinski definition) is 3. The molecule has 1 heterocycles. The van der Waals surface area contributed by atoms with Gasteiger partial charge in [0.1, 0.15) is 11.6 Å². The van der Waals surface area contributed by atoms with Gasteiger partial charge < -0.3 is 15.0 Å². The first kappa shape index (κ1) is 26.4. The minimum absolute atomic E-state index is 0.0592. The molecule has 6 heteroatoms. The number of aromatic nitrogens is 2. The first-order valence-electron chi connectivity index (χ1n) is 14.6. The van der Waals surface area contributed by atoms with E-state index in [1.165, 1.54) is 40.9 Å². The number of benzene rings is 4. The number of nitrogens with one attached hydrogen (secondary N) is 1. The summed E-state index contributed by atoms with van der Waals surface area (Å²) in [6, 6.07) is 31.5. The number of phenols is 1. The van der Waals surface area contributed by atoms with Gasteiger partial charge in [0.25, 0.3) is 0 Å². The molecule has 0 atom stereocenters. The summed E-state index contributed by atoms with van der Waals surface area (Å²) in [5.41, 5.74) is 6.94. The monoisotopic (exact) mass is 581 g/mol. The molecule has 7 rings (SSSR count). The number of aromatic hydroxyl groups is 1. The summed E-state index contributed by atoms with van der Waals surface area (Å²) in [5.74, 6) is 2.19. The molecule has 2 N–H and O–H groups in total. The van der Waals surface area contributed by atoms with Crippen LogP contribution in [0, 0.1) is 0 Å². The highest BCUT2D eigenvalue weighted by Gasteiger charge is 2.33. The number of anilines is 1. The van der Waals surface area contributed by atoms with Crippen molar-refractivity contribution in [1.82, 2.24) is 9.55 Å². The van der Waals surface area contributed by atoms with E-state index >= 15 is 0 Å². The molecule has 0 amide bonds. The summed E-state index contributed by atoms with van der Waals surface area (Å²) in [7, 11) is 0. The summed E-state index contributed by atoms with van der Waals surface area (Å²) >= 11 is 12.5. The molecular weight excluding hydrogens is 549 g/mol. The molecule has 0 radical (unpaired) electrons. The van der Waals surface area contributed by atoms with Gasteiger partial charge in [0.05, 0.1) is 11.0 Å². The smallest absolute Gasteiger partial charge is 0.117 e. The van der Waals surface area contributed by atoms with Gasteiger partial charge in [-0.05, 0) is 104 Å². The first-order valence-corrected chi connectivity index (χ1v) is 15.4. The van der Waals surface area contributed by atoms with Crippen LogP contribution in [0.2, 0.25) is 10.0 Å². The Morgan fingerprint density at radius 2 is 1.37 bits per heavy atom. The minimum Gasteiger partial charge on any atom is -0.508 e. The molecule has 0 saturated heterocycles. The lowest BCUT2D eigenvalue weighted by Gasteiger charge is -2.32. The van der Waals surface area contributed by atoms with Gasteiger partial charge >= 0.3 is 0 Å². The van der Waals surface area contributed by atoms with Crippen molar-refractivity contribution in [2.24, 2.45) is 0 Å². The number of phenolic OH excluding ortho intramolecular Hbond substituents is 1. The number of nitrogens with zero attached hydrogens (tertiary/aromatic N) is 2. The van der Waals surface area contributed by atoms with E-state index in [9.17, 15) is 5.11 Å². The van der Waals surface area contributed by atoms with E-state index in [0.29, 0.717) is 23.8 Å². The molecule has 208 valence electrons. The van der Waals surface area contributed by atoms with Gasteiger partial charge in [0.2, 0.25) is 0 Å². The van der Waals surface area contributed by atoms with E-state index in [4.69, 9.17) is 28.2 Å². The van der Waals surface area contributed by atoms with Gasteiger partial charge in [-0.1, -0.05) is 59.6 Å². The maximum atomic E-state index is 9.87. The third kappa shape index (κ3) is 5.56. The third-order valence-corrected chi connectivity index (χ3v) is 9.21. The molecule has 5 aromatic rings. The normalized spacial score (nSPS) is 19.1. The van der Waals surface area contributed by atoms with Crippen LogP contribution >= 0.6 is 23.2 Å². The van der Waals surface area contributed by atoms with E-state index in [1.54, 1.807) is 12.1 Å². The Balaban J connectivity index is 1.23. The van der Waals surface area contributed by atoms with Gasteiger partial charge in [-0.15, -0.1) is 0 Å². The number of imidazole rings is 1. The van der Waals surface area contributed by atoms with Crippen molar-refractivity contribution < 1.29 is 5.11 Å². The Morgan fingerprint density at radius 1 is 0.732 bits per heavy atom. The fraction of sp³-hybridized carbons (Fsp3) is 0.286. The summed E-state index contributed by atoms with van der Waals surface area (Å²) in [6.07, 6.45) is 6.82.